The standard InChI is InChI=1S/C20H17ClF3N7O/c21-19-29-16-2-4-31(18(32)12-1-3-27-28-9-12)10-15(16)17(30-19)26-8-11-5-13(20(22,23)24)7-14(25)6-11/h1,3,5-7,9H,2,4,8,10,25H2,(H,26,29,30). The summed E-state index contributed by atoms with van der Waals surface area (Å²) in [6, 6.07) is 4.92. The van der Waals surface area contributed by atoms with E-state index in [4.69, 9.17) is 17.3 Å². The molecule has 1 aliphatic heterocycles. The molecule has 2 aromatic heterocycles. The molecule has 0 bridgehead atoms. The number of aromatic nitrogens is 4. The first-order chi connectivity index (χ1) is 15.2. The minimum absolute atomic E-state index is 0.00195. The van der Waals surface area contributed by atoms with E-state index in [9.17, 15) is 18.0 Å². The number of hydrogen-bond acceptors (Lipinski definition) is 7. The van der Waals surface area contributed by atoms with E-state index in [1.165, 1.54) is 18.5 Å². The number of benzene rings is 1. The third kappa shape index (κ3) is 4.72. The highest BCUT2D eigenvalue weighted by Crippen LogP contribution is 2.32. The first-order valence-corrected chi connectivity index (χ1v) is 9.90. The third-order valence-electron chi connectivity index (χ3n) is 4.95. The minimum atomic E-state index is -4.51. The van der Waals surface area contributed by atoms with E-state index < -0.39 is 11.7 Å². The number of alkyl halides is 3. The molecule has 0 unspecified atom stereocenters. The average Bonchev–Trinajstić information content (AvgIpc) is 2.76. The molecule has 3 heterocycles. The van der Waals surface area contributed by atoms with E-state index in [1.54, 1.807) is 11.0 Å². The number of halogens is 4. The van der Waals surface area contributed by atoms with Gasteiger partial charge < -0.3 is 16.0 Å². The van der Waals surface area contributed by atoms with Crippen LogP contribution >= 0.6 is 11.6 Å². The van der Waals surface area contributed by atoms with Crippen LogP contribution in [0.2, 0.25) is 5.28 Å². The number of hydrogen-bond donors (Lipinski definition) is 2. The van der Waals surface area contributed by atoms with Crippen LogP contribution in [-0.4, -0.2) is 37.5 Å². The van der Waals surface area contributed by atoms with Gasteiger partial charge in [-0.2, -0.15) is 23.4 Å². The van der Waals surface area contributed by atoms with Crippen molar-refractivity contribution >= 4 is 29.0 Å². The molecule has 3 aromatic rings. The largest absolute Gasteiger partial charge is 0.416 e. The van der Waals surface area contributed by atoms with Crippen LogP contribution in [0.1, 0.15) is 32.7 Å². The average molecular weight is 464 g/mol. The second-order valence-electron chi connectivity index (χ2n) is 7.19. The van der Waals surface area contributed by atoms with E-state index >= 15 is 0 Å². The van der Waals surface area contributed by atoms with E-state index in [1.807, 2.05) is 0 Å². The summed E-state index contributed by atoms with van der Waals surface area (Å²) < 4.78 is 39.3. The summed E-state index contributed by atoms with van der Waals surface area (Å²) >= 11 is 6.04. The number of carbonyl (C=O) groups is 1. The number of anilines is 2. The predicted octanol–water partition coefficient (Wildman–Crippen LogP) is 3.33. The normalized spacial score (nSPS) is 13.6. The zero-order valence-electron chi connectivity index (χ0n) is 16.5. The third-order valence-corrected chi connectivity index (χ3v) is 5.12. The Morgan fingerprint density at radius 2 is 2.03 bits per heavy atom. The smallest absolute Gasteiger partial charge is 0.399 e. The molecule has 1 amide bonds. The molecule has 32 heavy (non-hydrogen) atoms. The molecule has 0 spiro atoms. The van der Waals surface area contributed by atoms with Gasteiger partial charge in [-0.1, -0.05) is 0 Å². The van der Waals surface area contributed by atoms with Crippen molar-refractivity contribution in [1.82, 2.24) is 25.1 Å². The summed E-state index contributed by atoms with van der Waals surface area (Å²) in [6.07, 6.45) is -1.24. The van der Waals surface area contributed by atoms with Crippen molar-refractivity contribution in [3.8, 4) is 0 Å². The number of rotatable bonds is 4. The van der Waals surface area contributed by atoms with Crippen LogP contribution in [0, 0.1) is 0 Å². The van der Waals surface area contributed by atoms with E-state index in [0.717, 1.165) is 12.1 Å². The van der Waals surface area contributed by atoms with Crippen molar-refractivity contribution in [2.45, 2.75) is 25.7 Å². The van der Waals surface area contributed by atoms with Crippen molar-refractivity contribution in [3.63, 3.8) is 0 Å². The molecule has 0 fully saturated rings. The number of nitrogens with zero attached hydrogens (tertiary/aromatic N) is 5. The SMILES string of the molecule is Nc1cc(CNc2nc(Cl)nc3c2CN(C(=O)c2ccnnc2)CC3)cc(C(F)(F)F)c1. The van der Waals surface area contributed by atoms with Gasteiger partial charge in [-0.15, -0.1) is 0 Å². The lowest BCUT2D eigenvalue weighted by atomic mass is 10.0. The molecule has 1 aliphatic rings. The van der Waals surface area contributed by atoms with Gasteiger partial charge in [0.25, 0.3) is 5.91 Å². The summed E-state index contributed by atoms with van der Waals surface area (Å²) in [4.78, 5) is 22.8. The molecule has 1 aromatic carbocycles. The fourth-order valence-corrected chi connectivity index (χ4v) is 3.66. The number of amides is 1. The fourth-order valence-electron chi connectivity index (χ4n) is 3.47. The lowest BCUT2D eigenvalue weighted by Gasteiger charge is -2.29. The molecule has 0 saturated carbocycles. The quantitative estimate of drug-likeness (QED) is 0.451. The maximum atomic E-state index is 13.1. The van der Waals surface area contributed by atoms with E-state index in [2.05, 4.69) is 25.5 Å². The Morgan fingerprint density at radius 1 is 1.22 bits per heavy atom. The Bertz CT molecular complexity index is 1160. The summed E-state index contributed by atoms with van der Waals surface area (Å²) in [5.41, 5.74) is 6.85. The van der Waals surface area contributed by atoms with Gasteiger partial charge in [0.15, 0.2) is 0 Å². The second-order valence-corrected chi connectivity index (χ2v) is 7.53. The van der Waals surface area contributed by atoms with Crippen molar-refractivity contribution in [3.05, 3.63) is 69.9 Å². The molecule has 3 N–H and O–H groups in total. The zero-order valence-corrected chi connectivity index (χ0v) is 17.3. The van der Waals surface area contributed by atoms with Crippen LogP contribution in [0.5, 0.6) is 0 Å². The highest BCUT2D eigenvalue weighted by Gasteiger charge is 2.31. The Hall–Kier alpha value is -3.47. The maximum Gasteiger partial charge on any atom is 0.416 e. The van der Waals surface area contributed by atoms with Crippen molar-refractivity contribution in [2.75, 3.05) is 17.6 Å². The summed E-state index contributed by atoms with van der Waals surface area (Å²) in [6.45, 7) is 0.655. The topological polar surface area (TPSA) is 110 Å². The van der Waals surface area contributed by atoms with E-state index in [0.29, 0.717) is 41.2 Å². The molecule has 0 atom stereocenters. The summed E-state index contributed by atoms with van der Waals surface area (Å²) in [5.74, 6) is 0.124. The number of fused-ring (bicyclic) bond motifs is 1. The Kier molecular flexibility index (Phi) is 5.83. The van der Waals surface area contributed by atoms with Gasteiger partial charge in [-0.3, -0.25) is 4.79 Å². The number of nitrogens with two attached hydrogens (primary N) is 1. The van der Waals surface area contributed by atoms with Crippen molar-refractivity contribution in [1.29, 1.82) is 0 Å². The van der Waals surface area contributed by atoms with Crippen LogP contribution in [-0.2, 0) is 25.7 Å². The molecular formula is C20H17ClF3N7O. The first kappa shape index (κ1) is 21.8. The Balaban J connectivity index is 1.57. The van der Waals surface area contributed by atoms with Gasteiger partial charge >= 0.3 is 6.18 Å². The molecule has 4 rings (SSSR count). The van der Waals surface area contributed by atoms with Crippen LogP contribution in [0.15, 0.2) is 36.7 Å². The number of nitrogen functional groups attached to an aromatic ring is 1. The molecule has 0 aliphatic carbocycles. The van der Waals surface area contributed by atoms with Gasteiger partial charge in [-0.05, 0) is 41.4 Å². The van der Waals surface area contributed by atoms with Crippen LogP contribution in [0.25, 0.3) is 0 Å². The van der Waals surface area contributed by atoms with Crippen LogP contribution in [0.4, 0.5) is 24.7 Å². The fraction of sp³-hybridized carbons (Fsp3) is 0.250. The van der Waals surface area contributed by atoms with Gasteiger partial charge in [0, 0.05) is 30.8 Å². The Labute approximate surface area is 185 Å². The number of nitrogens with one attached hydrogen (secondary N) is 1. The number of carbonyl (C=O) groups excluding carboxylic acids is 1. The maximum absolute atomic E-state index is 13.1. The first-order valence-electron chi connectivity index (χ1n) is 9.52. The monoisotopic (exact) mass is 463 g/mol. The van der Waals surface area contributed by atoms with Crippen molar-refractivity contribution in [2.24, 2.45) is 0 Å². The molecule has 0 radical (unpaired) electrons. The lowest BCUT2D eigenvalue weighted by molar-refractivity contribution is -0.137. The minimum Gasteiger partial charge on any atom is -0.399 e. The molecule has 8 nitrogen and oxygen atoms in total. The Morgan fingerprint density at radius 3 is 2.75 bits per heavy atom. The van der Waals surface area contributed by atoms with E-state index in [-0.39, 0.29) is 30.0 Å². The zero-order chi connectivity index (χ0) is 22.9. The van der Waals surface area contributed by atoms with Gasteiger partial charge in [-0.25, -0.2) is 9.97 Å². The van der Waals surface area contributed by atoms with Gasteiger partial charge in [0.2, 0.25) is 5.28 Å². The summed E-state index contributed by atoms with van der Waals surface area (Å²) in [7, 11) is 0. The molecule has 12 heteroatoms. The van der Waals surface area contributed by atoms with Crippen molar-refractivity contribution < 1.29 is 18.0 Å². The summed E-state index contributed by atoms with van der Waals surface area (Å²) in [5, 5.41) is 10.4. The van der Waals surface area contributed by atoms with Gasteiger partial charge in [0.05, 0.1) is 35.8 Å². The lowest BCUT2D eigenvalue weighted by Crippen LogP contribution is -2.37. The molecule has 166 valence electrons. The predicted molar refractivity (Wildman–Crippen MR) is 111 cm³/mol. The molecule has 0 saturated heterocycles. The van der Waals surface area contributed by atoms with Crippen LogP contribution in [0.3, 0.4) is 0 Å². The van der Waals surface area contributed by atoms with Gasteiger partial charge in [0.1, 0.15) is 5.82 Å². The van der Waals surface area contributed by atoms with Crippen LogP contribution < -0.4 is 11.1 Å². The highest BCUT2D eigenvalue weighted by molar-refractivity contribution is 6.28. The second kappa shape index (κ2) is 8.58. The highest BCUT2D eigenvalue weighted by atomic mass is 35.5. The molecular weight excluding hydrogens is 447 g/mol.